The largest absolute Gasteiger partial charge is 0.673 e. The number of rotatable bonds is 5. The van der Waals surface area contributed by atoms with E-state index in [4.69, 9.17) is 0 Å². The van der Waals surface area contributed by atoms with Gasteiger partial charge in [0.05, 0.1) is 0 Å². The van der Waals surface area contributed by atoms with Gasteiger partial charge in [-0.2, -0.15) is 4.57 Å². The fraction of sp³-hybridized carbons (Fsp3) is 0.450. The Kier molecular flexibility index (Phi) is 8.32. The van der Waals surface area contributed by atoms with Crippen molar-refractivity contribution < 1.29 is 21.8 Å². The third-order valence-electron chi connectivity index (χ3n) is 3.97. The van der Waals surface area contributed by atoms with Gasteiger partial charge < -0.3 is 17.3 Å². The number of hydrogen-bond donors (Lipinski definition) is 0. The van der Waals surface area contributed by atoms with E-state index in [1.165, 1.54) is 28.9 Å². The smallest absolute Gasteiger partial charge is 0.418 e. The van der Waals surface area contributed by atoms with Crippen LogP contribution in [0.2, 0.25) is 0 Å². The third-order valence-corrected chi connectivity index (χ3v) is 3.97. The zero-order chi connectivity index (χ0) is 19.9. The molecule has 0 unspecified atom stereocenters. The van der Waals surface area contributed by atoms with Gasteiger partial charge in [-0.15, -0.1) is 0 Å². The summed E-state index contributed by atoms with van der Waals surface area (Å²) in [6, 6.07) is 15.5. The molecule has 0 aliphatic heterocycles. The number of hydrogen-bond acceptors (Lipinski definition) is 0. The molecule has 0 amide bonds. The molecule has 1 aromatic heterocycles. The second kappa shape index (κ2) is 9.74. The van der Waals surface area contributed by atoms with Crippen LogP contribution < -0.4 is 4.57 Å². The lowest BCUT2D eigenvalue weighted by atomic mass is 9.97. The molecule has 0 saturated carbocycles. The fourth-order valence-electron chi connectivity index (χ4n) is 2.90. The van der Waals surface area contributed by atoms with Gasteiger partial charge in [-0.1, -0.05) is 65.0 Å². The molecule has 1 heterocycles. The summed E-state index contributed by atoms with van der Waals surface area (Å²) in [5.74, 6) is 1.08. The molecule has 1 aromatic carbocycles. The summed E-state index contributed by atoms with van der Waals surface area (Å²) in [4.78, 5) is 0. The molecule has 0 saturated heterocycles. The molecule has 0 aliphatic rings. The highest BCUT2D eigenvalue weighted by Gasteiger charge is 2.23. The number of nitrogens with zero attached hydrogens (tertiary/aromatic N) is 1. The van der Waals surface area contributed by atoms with Crippen LogP contribution in [0, 0.1) is 0 Å². The van der Waals surface area contributed by atoms with Gasteiger partial charge in [0.15, 0.2) is 11.4 Å². The number of pyridine rings is 1. The first-order chi connectivity index (χ1) is 12.0. The second-order valence-electron chi connectivity index (χ2n) is 6.92. The molecule has 1 nitrogen and oxygen atoms in total. The van der Waals surface area contributed by atoms with Gasteiger partial charge in [-0.05, 0) is 11.1 Å². The monoisotopic (exact) mass is 369 g/mol. The lowest BCUT2D eigenvalue weighted by Crippen LogP contribution is -2.43. The average molecular weight is 369 g/mol. The van der Waals surface area contributed by atoms with E-state index in [9.17, 15) is 17.3 Å². The van der Waals surface area contributed by atoms with Crippen LogP contribution in [0.25, 0.3) is 11.1 Å². The van der Waals surface area contributed by atoms with Crippen molar-refractivity contribution in [2.24, 2.45) is 0 Å². The van der Waals surface area contributed by atoms with Gasteiger partial charge in [0.25, 0.3) is 0 Å². The summed E-state index contributed by atoms with van der Waals surface area (Å²) >= 11 is 0. The predicted octanol–water partition coefficient (Wildman–Crippen LogP) is 6.60. The molecule has 0 bridgehead atoms. The molecule has 0 N–H and O–H groups in total. The first-order valence-electron chi connectivity index (χ1n) is 9.05. The Morgan fingerprint density at radius 2 is 1.23 bits per heavy atom. The topological polar surface area (TPSA) is 3.88 Å². The zero-order valence-electron chi connectivity index (χ0n) is 16.1. The first kappa shape index (κ1) is 22.2. The van der Waals surface area contributed by atoms with E-state index in [1.807, 2.05) is 0 Å². The molecule has 0 aliphatic carbocycles. The molecule has 0 radical (unpaired) electrons. The molecule has 0 atom stereocenters. The average Bonchev–Trinajstić information content (AvgIpc) is 2.54. The van der Waals surface area contributed by atoms with Crippen LogP contribution >= 0.6 is 0 Å². The molecular formula is C20H28BF4N. The Balaban J connectivity index is 0.000000597. The number of aromatic nitrogens is 1. The van der Waals surface area contributed by atoms with E-state index in [-0.39, 0.29) is 0 Å². The number of halogens is 4. The molecule has 2 aromatic rings. The lowest BCUT2D eigenvalue weighted by Gasteiger charge is -2.15. The Morgan fingerprint density at radius 1 is 0.808 bits per heavy atom. The van der Waals surface area contributed by atoms with Crippen molar-refractivity contribution in [3.8, 4) is 11.1 Å². The van der Waals surface area contributed by atoms with Crippen molar-refractivity contribution >= 4 is 7.25 Å². The van der Waals surface area contributed by atoms with Crippen LogP contribution in [0.1, 0.15) is 64.3 Å². The van der Waals surface area contributed by atoms with Crippen molar-refractivity contribution in [2.75, 3.05) is 0 Å². The Bertz CT molecular complexity index is 647. The van der Waals surface area contributed by atoms with Crippen molar-refractivity contribution in [1.82, 2.24) is 0 Å². The fourth-order valence-corrected chi connectivity index (χ4v) is 2.90. The Hall–Kier alpha value is -1.85. The van der Waals surface area contributed by atoms with Gasteiger partial charge in [-0.25, -0.2) is 0 Å². The normalized spacial score (nSPS) is 11.5. The standard InChI is InChI=1S/C20H28N.BF4/c1-6-12-21-19(15(2)3)13-18(14-20(21)16(4)5)17-10-8-7-9-11-17;2-1(3,4)5/h7-11,13-16H,6,12H2,1-5H3;/q+1;-1. The van der Waals surface area contributed by atoms with Gasteiger partial charge in [0, 0.05) is 30.4 Å². The van der Waals surface area contributed by atoms with E-state index in [0.717, 1.165) is 6.54 Å². The first-order valence-corrected chi connectivity index (χ1v) is 9.05. The minimum absolute atomic E-state index is 0.540. The second-order valence-corrected chi connectivity index (χ2v) is 6.92. The zero-order valence-corrected chi connectivity index (χ0v) is 16.1. The predicted molar refractivity (Wildman–Crippen MR) is 101 cm³/mol. The third kappa shape index (κ3) is 7.18. The van der Waals surface area contributed by atoms with Crippen LogP contribution in [0.3, 0.4) is 0 Å². The van der Waals surface area contributed by atoms with Gasteiger partial charge in [-0.3, -0.25) is 0 Å². The highest BCUT2D eigenvalue weighted by molar-refractivity contribution is 6.50. The number of benzene rings is 1. The summed E-state index contributed by atoms with van der Waals surface area (Å²) in [6.07, 6.45) is 1.18. The maximum Gasteiger partial charge on any atom is 0.673 e. The van der Waals surface area contributed by atoms with Crippen LogP contribution in [-0.4, -0.2) is 7.25 Å². The summed E-state index contributed by atoms with van der Waals surface area (Å²) in [5.41, 5.74) is 5.55. The molecule has 0 spiro atoms. The van der Waals surface area contributed by atoms with Crippen LogP contribution in [0.5, 0.6) is 0 Å². The lowest BCUT2D eigenvalue weighted by molar-refractivity contribution is -0.713. The molecule has 6 heteroatoms. The van der Waals surface area contributed by atoms with Crippen molar-refractivity contribution in [1.29, 1.82) is 0 Å². The van der Waals surface area contributed by atoms with E-state index in [0.29, 0.717) is 11.8 Å². The maximum atomic E-state index is 9.75. The van der Waals surface area contributed by atoms with E-state index in [2.05, 4.69) is 81.7 Å². The van der Waals surface area contributed by atoms with Crippen LogP contribution in [0.4, 0.5) is 17.3 Å². The molecule has 0 fully saturated rings. The SMILES string of the molecule is CCC[n+]1c(C(C)C)cc(-c2ccccc2)cc1C(C)C.F[B-](F)(F)F. The maximum absolute atomic E-state index is 9.75. The van der Waals surface area contributed by atoms with E-state index >= 15 is 0 Å². The van der Waals surface area contributed by atoms with Crippen molar-refractivity contribution in [3.05, 3.63) is 53.9 Å². The van der Waals surface area contributed by atoms with Gasteiger partial charge in [0.1, 0.15) is 6.54 Å². The minimum Gasteiger partial charge on any atom is -0.418 e. The van der Waals surface area contributed by atoms with Crippen LogP contribution in [0.15, 0.2) is 42.5 Å². The molecule has 26 heavy (non-hydrogen) atoms. The summed E-state index contributed by atoms with van der Waals surface area (Å²) < 4.78 is 41.5. The summed E-state index contributed by atoms with van der Waals surface area (Å²) in [5, 5.41) is 0. The highest BCUT2D eigenvalue weighted by atomic mass is 19.5. The van der Waals surface area contributed by atoms with Gasteiger partial charge >= 0.3 is 7.25 Å². The quantitative estimate of drug-likeness (QED) is 0.318. The summed E-state index contributed by atoms with van der Waals surface area (Å²) in [6.45, 7) is 12.5. The molecule has 2 rings (SSSR count). The Morgan fingerprint density at radius 3 is 1.58 bits per heavy atom. The van der Waals surface area contributed by atoms with Gasteiger partial charge in [0.2, 0.25) is 0 Å². The van der Waals surface area contributed by atoms with Crippen molar-refractivity contribution in [3.63, 3.8) is 0 Å². The Labute approximate surface area is 154 Å². The van der Waals surface area contributed by atoms with E-state index in [1.54, 1.807) is 0 Å². The molecule has 144 valence electrons. The minimum atomic E-state index is -6.00. The van der Waals surface area contributed by atoms with E-state index < -0.39 is 7.25 Å². The van der Waals surface area contributed by atoms with Crippen LogP contribution in [-0.2, 0) is 6.54 Å². The van der Waals surface area contributed by atoms with Crippen molar-refractivity contribution in [2.45, 2.75) is 59.4 Å². The summed E-state index contributed by atoms with van der Waals surface area (Å²) in [7, 11) is -6.00. The molecular weight excluding hydrogens is 341 g/mol. The highest BCUT2D eigenvalue weighted by Crippen LogP contribution is 2.25.